The number of hydrogen-bond acceptors (Lipinski definition) is 7. The number of esters is 1. The lowest BCUT2D eigenvalue weighted by Gasteiger charge is -2.12. The topological polar surface area (TPSA) is 131 Å². The van der Waals surface area contributed by atoms with Crippen LogP contribution >= 0.6 is 11.6 Å². The minimum Gasteiger partial charge on any atom is -0.452 e. The van der Waals surface area contributed by atoms with Crippen molar-refractivity contribution in [2.45, 2.75) is 6.92 Å². The number of amides is 1. The second-order valence-electron chi connectivity index (χ2n) is 5.74. The maximum Gasteiger partial charge on any atom is 0.341 e. The van der Waals surface area contributed by atoms with Crippen LogP contribution in [-0.2, 0) is 9.53 Å². The first-order valence-corrected chi connectivity index (χ1v) is 8.56. The van der Waals surface area contributed by atoms with Gasteiger partial charge in [-0.25, -0.2) is 4.79 Å². The van der Waals surface area contributed by atoms with E-state index in [0.29, 0.717) is 10.7 Å². The summed E-state index contributed by atoms with van der Waals surface area (Å²) >= 11 is 6.03. The van der Waals surface area contributed by atoms with Gasteiger partial charge in [-0.3, -0.25) is 14.9 Å². The fraction of sp³-hybridized carbons (Fsp3) is 0.222. The first-order chi connectivity index (χ1) is 13.3. The molecular weight excluding hydrogens is 390 g/mol. The lowest BCUT2D eigenvalue weighted by atomic mass is 10.1. The number of aliphatic hydroxyl groups excluding tert-OH is 1. The van der Waals surface area contributed by atoms with Crippen LogP contribution in [-0.4, -0.2) is 41.7 Å². The van der Waals surface area contributed by atoms with Gasteiger partial charge in [0.25, 0.3) is 11.6 Å². The summed E-state index contributed by atoms with van der Waals surface area (Å²) in [5, 5.41) is 25.5. The minimum atomic E-state index is -0.922. The molecule has 1 amide bonds. The lowest BCUT2D eigenvalue weighted by molar-refractivity contribution is -0.384. The third-order valence-electron chi connectivity index (χ3n) is 3.59. The van der Waals surface area contributed by atoms with Gasteiger partial charge >= 0.3 is 5.97 Å². The van der Waals surface area contributed by atoms with Crippen LogP contribution in [0.25, 0.3) is 0 Å². The molecule has 0 spiro atoms. The zero-order chi connectivity index (χ0) is 20.7. The summed E-state index contributed by atoms with van der Waals surface area (Å²) in [5.74, 6) is -1.54. The number of carbonyl (C=O) groups excluding carboxylic acids is 2. The van der Waals surface area contributed by atoms with E-state index >= 15 is 0 Å². The first-order valence-electron chi connectivity index (χ1n) is 8.18. The summed E-state index contributed by atoms with van der Waals surface area (Å²) in [5.41, 5.74) is 1.10. The molecule has 2 rings (SSSR count). The van der Waals surface area contributed by atoms with E-state index in [2.05, 4.69) is 10.6 Å². The smallest absolute Gasteiger partial charge is 0.341 e. The van der Waals surface area contributed by atoms with E-state index in [0.717, 1.165) is 11.6 Å². The molecule has 0 aliphatic heterocycles. The van der Waals surface area contributed by atoms with Crippen LogP contribution in [0, 0.1) is 17.0 Å². The Kier molecular flexibility index (Phi) is 7.30. The molecule has 0 bridgehead atoms. The molecule has 9 nitrogen and oxygen atoms in total. The number of non-ortho nitro benzene ring substituents is 1. The molecule has 148 valence electrons. The highest BCUT2D eigenvalue weighted by Crippen LogP contribution is 2.24. The second kappa shape index (κ2) is 9.67. The predicted octanol–water partition coefficient (Wildman–Crippen LogP) is 2.76. The number of benzene rings is 2. The molecule has 2 aromatic carbocycles. The normalized spacial score (nSPS) is 10.2. The zero-order valence-corrected chi connectivity index (χ0v) is 15.7. The molecule has 0 aromatic heterocycles. The van der Waals surface area contributed by atoms with Crippen LogP contribution in [0.5, 0.6) is 0 Å². The molecule has 0 saturated carbocycles. The molecule has 3 N–H and O–H groups in total. The van der Waals surface area contributed by atoms with E-state index in [1.165, 1.54) is 12.1 Å². The Morgan fingerprint density at radius 3 is 2.57 bits per heavy atom. The Hall–Kier alpha value is -3.17. The molecule has 10 heteroatoms. The molecule has 0 unspecified atom stereocenters. The van der Waals surface area contributed by atoms with Gasteiger partial charge in [0.05, 0.1) is 27.8 Å². The molecule has 0 aliphatic carbocycles. The fourth-order valence-corrected chi connectivity index (χ4v) is 2.56. The Morgan fingerprint density at radius 2 is 1.93 bits per heavy atom. The first kappa shape index (κ1) is 21.1. The largest absolute Gasteiger partial charge is 0.452 e. The van der Waals surface area contributed by atoms with E-state index in [-0.39, 0.29) is 30.1 Å². The summed E-state index contributed by atoms with van der Waals surface area (Å²) in [6, 6.07) is 8.63. The highest BCUT2D eigenvalue weighted by Gasteiger charge is 2.19. The van der Waals surface area contributed by atoms with E-state index in [1.54, 1.807) is 18.2 Å². The predicted molar refractivity (Wildman–Crippen MR) is 104 cm³/mol. The van der Waals surface area contributed by atoms with Crippen molar-refractivity contribution in [2.75, 3.05) is 30.4 Å². The number of halogens is 1. The Balaban J connectivity index is 2.07. The minimum absolute atomic E-state index is 0.121. The number of rotatable bonds is 8. The highest BCUT2D eigenvalue weighted by atomic mass is 35.5. The quantitative estimate of drug-likeness (QED) is 0.348. The zero-order valence-electron chi connectivity index (χ0n) is 14.9. The summed E-state index contributed by atoms with van der Waals surface area (Å²) < 4.78 is 4.96. The molecule has 0 radical (unpaired) electrons. The molecule has 0 fully saturated rings. The average Bonchev–Trinajstić information content (AvgIpc) is 2.66. The van der Waals surface area contributed by atoms with Gasteiger partial charge < -0.3 is 20.5 Å². The maximum absolute atomic E-state index is 12.3. The van der Waals surface area contributed by atoms with Gasteiger partial charge in [-0.1, -0.05) is 17.7 Å². The molecule has 0 saturated heterocycles. The monoisotopic (exact) mass is 407 g/mol. The number of anilines is 2. The van der Waals surface area contributed by atoms with Crippen LogP contribution in [0.1, 0.15) is 15.9 Å². The van der Waals surface area contributed by atoms with Crippen molar-refractivity contribution in [3.63, 3.8) is 0 Å². The van der Waals surface area contributed by atoms with Gasteiger partial charge in [-0.2, -0.15) is 0 Å². The number of aryl methyl sites for hydroxylation is 1. The van der Waals surface area contributed by atoms with Gasteiger partial charge in [-0.15, -0.1) is 0 Å². The van der Waals surface area contributed by atoms with Crippen molar-refractivity contribution in [1.29, 1.82) is 0 Å². The van der Waals surface area contributed by atoms with Crippen molar-refractivity contribution in [3.05, 3.63) is 62.7 Å². The van der Waals surface area contributed by atoms with Crippen LogP contribution in [0.15, 0.2) is 36.4 Å². The number of carbonyl (C=O) groups is 2. The number of nitrogens with one attached hydrogen (secondary N) is 2. The lowest BCUT2D eigenvalue weighted by Crippen LogP contribution is -2.22. The summed E-state index contributed by atoms with van der Waals surface area (Å²) in [7, 11) is 0. The van der Waals surface area contributed by atoms with Crippen LogP contribution < -0.4 is 10.6 Å². The number of aliphatic hydroxyl groups is 1. The number of ether oxygens (including phenoxy) is 1. The van der Waals surface area contributed by atoms with Crippen molar-refractivity contribution in [3.8, 4) is 0 Å². The van der Waals surface area contributed by atoms with Gasteiger partial charge in [-0.05, 0) is 30.7 Å². The van der Waals surface area contributed by atoms with Gasteiger partial charge in [0.1, 0.15) is 0 Å². The molecular formula is C18H18ClN3O6. The summed E-state index contributed by atoms with van der Waals surface area (Å²) in [4.78, 5) is 34.6. The summed E-state index contributed by atoms with van der Waals surface area (Å²) in [6.07, 6.45) is 0. The third-order valence-corrected chi connectivity index (χ3v) is 3.91. The molecule has 2 aromatic rings. The molecule has 0 heterocycles. The molecule has 0 atom stereocenters. The van der Waals surface area contributed by atoms with Gasteiger partial charge in [0, 0.05) is 24.4 Å². The number of nitro benzene ring substituents is 1. The van der Waals surface area contributed by atoms with Crippen LogP contribution in [0.2, 0.25) is 5.02 Å². The summed E-state index contributed by atoms with van der Waals surface area (Å²) in [6.45, 7) is 1.17. The van der Waals surface area contributed by atoms with Gasteiger partial charge in [0.15, 0.2) is 6.61 Å². The SMILES string of the molecule is Cc1ccc(NC(=O)COC(=O)c2cc([N+](=O)[O-])ccc2NCCO)c(Cl)c1. The van der Waals surface area contributed by atoms with Gasteiger partial charge in [0.2, 0.25) is 0 Å². The van der Waals surface area contributed by atoms with Crippen molar-refractivity contribution < 1.29 is 24.4 Å². The van der Waals surface area contributed by atoms with Crippen LogP contribution in [0.4, 0.5) is 17.1 Å². The number of nitrogens with zero attached hydrogens (tertiary/aromatic N) is 1. The number of nitro groups is 1. The fourth-order valence-electron chi connectivity index (χ4n) is 2.28. The number of hydrogen-bond donors (Lipinski definition) is 3. The van der Waals surface area contributed by atoms with Crippen molar-refractivity contribution in [1.82, 2.24) is 0 Å². The Labute approximate surface area is 165 Å². The van der Waals surface area contributed by atoms with Crippen molar-refractivity contribution in [2.24, 2.45) is 0 Å². The maximum atomic E-state index is 12.3. The standard InChI is InChI=1S/C18H18ClN3O6/c1-11-2-4-16(14(19)8-11)21-17(24)10-28-18(25)13-9-12(22(26)27)3-5-15(13)20-6-7-23/h2-5,8-9,20,23H,6-7,10H2,1H3,(H,21,24). The Bertz CT molecular complexity index is 903. The van der Waals surface area contributed by atoms with E-state index in [9.17, 15) is 19.7 Å². The van der Waals surface area contributed by atoms with E-state index in [1.807, 2.05) is 6.92 Å². The second-order valence-corrected chi connectivity index (χ2v) is 6.15. The van der Waals surface area contributed by atoms with E-state index < -0.39 is 23.4 Å². The van der Waals surface area contributed by atoms with E-state index in [4.69, 9.17) is 21.4 Å². The van der Waals surface area contributed by atoms with Crippen molar-refractivity contribution >= 4 is 40.5 Å². The average molecular weight is 408 g/mol. The van der Waals surface area contributed by atoms with Crippen LogP contribution in [0.3, 0.4) is 0 Å². The Morgan fingerprint density at radius 1 is 1.21 bits per heavy atom. The molecule has 0 aliphatic rings. The third kappa shape index (κ3) is 5.66. The highest BCUT2D eigenvalue weighted by molar-refractivity contribution is 6.33. The molecule has 28 heavy (non-hydrogen) atoms.